The molecule has 0 spiro atoms. The number of nitrogens with one attached hydrogen (secondary N) is 2. The van der Waals surface area contributed by atoms with Crippen LogP contribution in [0.4, 0.5) is 0 Å². The van der Waals surface area contributed by atoms with Gasteiger partial charge in [-0.25, -0.2) is 0 Å². The number of carbonyl (C=O) groups is 2. The van der Waals surface area contributed by atoms with Crippen molar-refractivity contribution in [2.45, 2.75) is 39.0 Å². The molecule has 0 unspecified atom stereocenters. The molecule has 1 aromatic rings. The van der Waals surface area contributed by atoms with Gasteiger partial charge in [-0.05, 0) is 18.6 Å². The number of hydrazine groups is 1. The van der Waals surface area contributed by atoms with Crippen LogP contribution in [0.2, 0.25) is 0 Å². The highest BCUT2D eigenvalue weighted by atomic mass is 16.3. The van der Waals surface area contributed by atoms with Crippen LogP contribution < -0.4 is 10.9 Å². The summed E-state index contributed by atoms with van der Waals surface area (Å²) < 4.78 is 4.88. The van der Waals surface area contributed by atoms with Gasteiger partial charge in [0.2, 0.25) is 5.91 Å². The molecule has 0 saturated carbocycles. The van der Waals surface area contributed by atoms with Crippen molar-refractivity contribution < 1.29 is 14.0 Å². The zero-order valence-electron chi connectivity index (χ0n) is 9.99. The maximum absolute atomic E-state index is 11.4. The van der Waals surface area contributed by atoms with E-state index in [-0.39, 0.29) is 11.7 Å². The number of rotatable bonds is 6. The highest BCUT2D eigenvalue weighted by Crippen LogP contribution is 2.02. The molecular weight excluding hydrogens is 220 g/mol. The number of unbranched alkanes of at least 4 members (excludes halogenated alkanes) is 3. The van der Waals surface area contributed by atoms with Crippen molar-refractivity contribution in [2.24, 2.45) is 0 Å². The first-order chi connectivity index (χ1) is 8.24. The Morgan fingerprint density at radius 2 is 2.06 bits per heavy atom. The van der Waals surface area contributed by atoms with Gasteiger partial charge in [0.15, 0.2) is 5.76 Å². The molecule has 0 atom stereocenters. The van der Waals surface area contributed by atoms with E-state index < -0.39 is 5.91 Å². The summed E-state index contributed by atoms with van der Waals surface area (Å²) in [5.41, 5.74) is 4.64. The molecule has 0 aromatic carbocycles. The monoisotopic (exact) mass is 238 g/mol. The van der Waals surface area contributed by atoms with Gasteiger partial charge in [-0.2, -0.15) is 0 Å². The second-order valence-corrected chi connectivity index (χ2v) is 3.79. The maximum Gasteiger partial charge on any atom is 0.305 e. The van der Waals surface area contributed by atoms with Crippen LogP contribution in [0.3, 0.4) is 0 Å². The summed E-state index contributed by atoms with van der Waals surface area (Å²) in [6.07, 6.45) is 5.98. The summed E-state index contributed by atoms with van der Waals surface area (Å²) in [5, 5.41) is 0. The van der Waals surface area contributed by atoms with Gasteiger partial charge >= 0.3 is 5.91 Å². The van der Waals surface area contributed by atoms with Crippen LogP contribution in [0.1, 0.15) is 49.6 Å². The predicted molar refractivity (Wildman–Crippen MR) is 63.1 cm³/mol. The first-order valence-corrected chi connectivity index (χ1v) is 5.86. The summed E-state index contributed by atoms with van der Waals surface area (Å²) >= 11 is 0. The molecule has 0 aliphatic carbocycles. The molecular formula is C12H18N2O3. The second-order valence-electron chi connectivity index (χ2n) is 3.79. The lowest BCUT2D eigenvalue weighted by Crippen LogP contribution is -2.41. The minimum Gasteiger partial charge on any atom is -0.459 e. The second kappa shape index (κ2) is 7.49. The third kappa shape index (κ3) is 5.19. The highest BCUT2D eigenvalue weighted by molar-refractivity contribution is 5.92. The van der Waals surface area contributed by atoms with Crippen molar-refractivity contribution >= 4 is 11.8 Å². The first-order valence-electron chi connectivity index (χ1n) is 5.86. The summed E-state index contributed by atoms with van der Waals surface area (Å²) in [4.78, 5) is 22.7. The zero-order chi connectivity index (χ0) is 12.5. The lowest BCUT2D eigenvalue weighted by Gasteiger charge is -2.05. The van der Waals surface area contributed by atoms with Crippen LogP contribution in [0.15, 0.2) is 22.8 Å². The van der Waals surface area contributed by atoms with Gasteiger partial charge in [-0.15, -0.1) is 0 Å². The number of hydrogen-bond donors (Lipinski definition) is 2. The van der Waals surface area contributed by atoms with Crippen LogP contribution >= 0.6 is 0 Å². The molecule has 2 amide bonds. The lowest BCUT2D eigenvalue weighted by atomic mass is 10.1. The van der Waals surface area contributed by atoms with E-state index in [2.05, 4.69) is 17.8 Å². The first kappa shape index (κ1) is 13.3. The molecule has 0 fully saturated rings. The number of amides is 2. The molecule has 0 bridgehead atoms. The molecule has 5 nitrogen and oxygen atoms in total. The van der Waals surface area contributed by atoms with Crippen molar-refractivity contribution in [3.63, 3.8) is 0 Å². The standard InChI is InChI=1S/C12H18N2O3/c1-2-3-4-5-8-11(15)13-14-12(16)10-7-6-9-17-10/h6-7,9H,2-5,8H2,1H3,(H,13,15)(H,14,16). The Hall–Kier alpha value is -1.78. The Morgan fingerprint density at radius 3 is 2.71 bits per heavy atom. The van der Waals surface area contributed by atoms with Crippen LogP contribution in [0.5, 0.6) is 0 Å². The minimum atomic E-state index is -0.447. The van der Waals surface area contributed by atoms with Gasteiger partial charge in [0.1, 0.15) is 0 Å². The van der Waals surface area contributed by atoms with E-state index in [1.54, 1.807) is 6.07 Å². The normalized spacial score (nSPS) is 9.94. The SMILES string of the molecule is CCCCCCC(=O)NNC(=O)c1ccco1. The molecule has 5 heteroatoms. The molecule has 0 aliphatic heterocycles. The highest BCUT2D eigenvalue weighted by Gasteiger charge is 2.08. The Labute approximate surface area is 101 Å². The third-order valence-corrected chi connectivity index (χ3v) is 2.32. The van der Waals surface area contributed by atoms with E-state index in [0.29, 0.717) is 6.42 Å². The molecule has 0 aliphatic rings. The van der Waals surface area contributed by atoms with E-state index in [1.807, 2.05) is 0 Å². The summed E-state index contributed by atoms with van der Waals surface area (Å²) in [7, 11) is 0. The molecule has 1 rings (SSSR count). The summed E-state index contributed by atoms with van der Waals surface area (Å²) in [6.45, 7) is 2.11. The minimum absolute atomic E-state index is 0.177. The third-order valence-electron chi connectivity index (χ3n) is 2.32. The number of furan rings is 1. The fraction of sp³-hybridized carbons (Fsp3) is 0.500. The Bertz CT molecular complexity index is 347. The molecule has 2 N–H and O–H groups in total. The van der Waals surface area contributed by atoms with Gasteiger partial charge in [0, 0.05) is 6.42 Å². The van der Waals surface area contributed by atoms with Gasteiger partial charge in [-0.3, -0.25) is 20.4 Å². The summed E-state index contributed by atoms with van der Waals surface area (Å²) in [5.74, 6) is -0.450. The van der Waals surface area contributed by atoms with Crippen LogP contribution in [0, 0.1) is 0 Å². The van der Waals surface area contributed by atoms with Crippen molar-refractivity contribution in [3.05, 3.63) is 24.2 Å². The van der Waals surface area contributed by atoms with Gasteiger partial charge < -0.3 is 4.42 Å². The van der Waals surface area contributed by atoms with E-state index in [9.17, 15) is 9.59 Å². The van der Waals surface area contributed by atoms with E-state index in [4.69, 9.17) is 4.42 Å². The van der Waals surface area contributed by atoms with Crippen molar-refractivity contribution in [1.29, 1.82) is 0 Å². The van der Waals surface area contributed by atoms with E-state index in [0.717, 1.165) is 25.7 Å². The van der Waals surface area contributed by atoms with Crippen LogP contribution in [-0.2, 0) is 4.79 Å². The zero-order valence-corrected chi connectivity index (χ0v) is 9.99. The quantitative estimate of drug-likeness (QED) is 0.588. The lowest BCUT2D eigenvalue weighted by molar-refractivity contribution is -0.122. The van der Waals surface area contributed by atoms with E-state index in [1.165, 1.54) is 12.3 Å². The number of carbonyl (C=O) groups excluding carboxylic acids is 2. The van der Waals surface area contributed by atoms with E-state index >= 15 is 0 Å². The molecule has 1 aromatic heterocycles. The van der Waals surface area contributed by atoms with Crippen LogP contribution in [-0.4, -0.2) is 11.8 Å². The smallest absolute Gasteiger partial charge is 0.305 e. The Kier molecular flexibility index (Phi) is 5.85. The van der Waals surface area contributed by atoms with Crippen LogP contribution in [0.25, 0.3) is 0 Å². The van der Waals surface area contributed by atoms with Crippen molar-refractivity contribution in [2.75, 3.05) is 0 Å². The average Bonchev–Trinajstić information content (AvgIpc) is 2.85. The topological polar surface area (TPSA) is 71.3 Å². The molecule has 0 saturated heterocycles. The summed E-state index contributed by atoms with van der Waals surface area (Å²) in [6, 6.07) is 3.14. The Morgan fingerprint density at radius 1 is 1.24 bits per heavy atom. The van der Waals surface area contributed by atoms with Crippen molar-refractivity contribution in [3.8, 4) is 0 Å². The number of hydrogen-bond acceptors (Lipinski definition) is 3. The largest absolute Gasteiger partial charge is 0.459 e. The Balaban J connectivity index is 2.13. The molecule has 0 radical (unpaired) electrons. The van der Waals surface area contributed by atoms with Gasteiger partial charge in [0.05, 0.1) is 6.26 Å². The fourth-order valence-electron chi connectivity index (χ4n) is 1.37. The molecule has 1 heterocycles. The average molecular weight is 238 g/mol. The van der Waals surface area contributed by atoms with Gasteiger partial charge in [-0.1, -0.05) is 26.2 Å². The maximum atomic E-state index is 11.4. The van der Waals surface area contributed by atoms with Gasteiger partial charge in [0.25, 0.3) is 0 Å². The fourth-order valence-corrected chi connectivity index (χ4v) is 1.37. The van der Waals surface area contributed by atoms with Crippen molar-refractivity contribution in [1.82, 2.24) is 10.9 Å². The molecule has 17 heavy (non-hydrogen) atoms. The molecule has 94 valence electrons. The predicted octanol–water partition coefficient (Wildman–Crippen LogP) is 2.01.